The average Bonchev–Trinajstić information content (AvgIpc) is 3.36. The van der Waals surface area contributed by atoms with E-state index in [1.807, 2.05) is 36.4 Å². The third-order valence-electron chi connectivity index (χ3n) is 5.92. The van der Waals surface area contributed by atoms with Crippen LogP contribution in [0.15, 0.2) is 48.2 Å². The summed E-state index contributed by atoms with van der Waals surface area (Å²) < 4.78 is 11.6. The van der Waals surface area contributed by atoms with Gasteiger partial charge >= 0.3 is 0 Å². The SMILES string of the molecule is COc1ccc2c(c1C=CCN1CCCCC1)OC(=Cc1n[nH]c3ccccc13)C2=O. The Hall–Kier alpha value is -3.38. The van der Waals surface area contributed by atoms with Crippen LogP contribution in [0.5, 0.6) is 11.5 Å². The molecule has 0 amide bonds. The topological polar surface area (TPSA) is 67.5 Å². The zero-order valence-electron chi connectivity index (χ0n) is 17.6. The van der Waals surface area contributed by atoms with Crippen LogP contribution in [0.4, 0.5) is 0 Å². The summed E-state index contributed by atoms with van der Waals surface area (Å²) in [4.78, 5) is 15.5. The van der Waals surface area contributed by atoms with Crippen LogP contribution < -0.4 is 9.47 Å². The Labute approximate surface area is 181 Å². The van der Waals surface area contributed by atoms with Gasteiger partial charge < -0.3 is 9.47 Å². The third kappa shape index (κ3) is 3.75. The normalized spacial score (nSPS) is 18.1. The number of fused-ring (bicyclic) bond motifs is 2. The number of likely N-dealkylation sites (tertiary alicyclic amines) is 1. The lowest BCUT2D eigenvalue weighted by molar-refractivity contribution is 0.101. The number of Topliss-reactive ketones (excluding diaryl/α,β-unsaturated/α-hetero) is 1. The molecule has 0 unspecified atom stereocenters. The molecule has 0 spiro atoms. The summed E-state index contributed by atoms with van der Waals surface area (Å²) in [7, 11) is 1.63. The molecular weight excluding hydrogens is 390 g/mol. The number of hydrogen-bond acceptors (Lipinski definition) is 5. The molecule has 1 N–H and O–H groups in total. The minimum absolute atomic E-state index is 0.143. The lowest BCUT2D eigenvalue weighted by Gasteiger charge is -2.24. The highest BCUT2D eigenvalue weighted by atomic mass is 16.5. The molecule has 0 radical (unpaired) electrons. The summed E-state index contributed by atoms with van der Waals surface area (Å²) in [6.45, 7) is 3.14. The molecule has 0 saturated carbocycles. The zero-order chi connectivity index (χ0) is 21.2. The van der Waals surface area contributed by atoms with Crippen LogP contribution in [0.1, 0.15) is 40.9 Å². The van der Waals surface area contributed by atoms with E-state index in [2.05, 4.69) is 21.2 Å². The first kappa shape index (κ1) is 19.6. The van der Waals surface area contributed by atoms with E-state index in [9.17, 15) is 4.79 Å². The number of carbonyl (C=O) groups excluding carboxylic acids is 1. The van der Waals surface area contributed by atoms with Crippen molar-refractivity contribution in [3.63, 3.8) is 0 Å². The standard InChI is InChI=1S/C25H25N3O3/c1-30-22-12-11-19-24(29)23(16-21-17-8-3-4-10-20(17)26-27-21)31-25(19)18(22)9-7-15-28-13-5-2-6-14-28/h3-4,7-12,16H,2,5-6,13-15H2,1H3,(H,26,27). The van der Waals surface area contributed by atoms with Gasteiger partial charge in [0.1, 0.15) is 11.5 Å². The number of nitrogens with zero attached hydrogens (tertiary/aromatic N) is 2. The van der Waals surface area contributed by atoms with Crippen LogP contribution in [0, 0.1) is 0 Å². The number of carbonyl (C=O) groups is 1. The Morgan fingerprint density at radius 3 is 2.84 bits per heavy atom. The van der Waals surface area contributed by atoms with E-state index in [0.717, 1.165) is 36.1 Å². The molecule has 3 heterocycles. The van der Waals surface area contributed by atoms with E-state index < -0.39 is 0 Å². The molecule has 3 aromatic rings. The van der Waals surface area contributed by atoms with E-state index in [-0.39, 0.29) is 11.5 Å². The van der Waals surface area contributed by atoms with E-state index in [4.69, 9.17) is 9.47 Å². The Balaban J connectivity index is 1.45. The Bertz CT molecular complexity index is 1190. The second-order valence-electron chi connectivity index (χ2n) is 7.92. The highest BCUT2D eigenvalue weighted by Gasteiger charge is 2.31. The first-order chi connectivity index (χ1) is 15.2. The molecular formula is C25H25N3O3. The highest BCUT2D eigenvalue weighted by Crippen LogP contribution is 2.40. The number of nitrogens with one attached hydrogen (secondary N) is 1. The van der Waals surface area contributed by atoms with Crippen molar-refractivity contribution in [2.75, 3.05) is 26.7 Å². The number of ketones is 1. The van der Waals surface area contributed by atoms with Gasteiger partial charge in [-0.15, -0.1) is 0 Å². The van der Waals surface area contributed by atoms with Crippen molar-refractivity contribution in [1.82, 2.24) is 15.1 Å². The number of methoxy groups -OCH3 is 1. The molecule has 0 aliphatic carbocycles. The van der Waals surface area contributed by atoms with Gasteiger partial charge in [-0.05, 0) is 44.1 Å². The number of para-hydroxylation sites is 1. The number of benzene rings is 2. The summed E-state index contributed by atoms with van der Waals surface area (Å²) >= 11 is 0. The third-order valence-corrected chi connectivity index (χ3v) is 5.92. The monoisotopic (exact) mass is 415 g/mol. The molecule has 1 fully saturated rings. The lowest BCUT2D eigenvalue weighted by Crippen LogP contribution is -2.29. The number of H-pyrrole nitrogens is 1. The second-order valence-corrected chi connectivity index (χ2v) is 7.92. The van der Waals surface area contributed by atoms with Crippen molar-refractivity contribution in [2.45, 2.75) is 19.3 Å². The van der Waals surface area contributed by atoms with Crippen molar-refractivity contribution in [3.8, 4) is 11.5 Å². The molecule has 6 nitrogen and oxygen atoms in total. The van der Waals surface area contributed by atoms with Crippen LogP contribution in [-0.4, -0.2) is 47.6 Å². The van der Waals surface area contributed by atoms with Crippen molar-refractivity contribution in [3.05, 3.63) is 65.1 Å². The predicted molar refractivity (Wildman–Crippen MR) is 121 cm³/mol. The van der Waals surface area contributed by atoms with Gasteiger partial charge in [-0.25, -0.2) is 0 Å². The molecule has 2 aromatic carbocycles. The quantitative estimate of drug-likeness (QED) is 0.613. The molecule has 6 heteroatoms. The fourth-order valence-corrected chi connectivity index (χ4v) is 4.27. The van der Waals surface area contributed by atoms with Crippen LogP contribution in [-0.2, 0) is 0 Å². The molecule has 2 aliphatic heterocycles. The maximum absolute atomic E-state index is 13.0. The fourth-order valence-electron chi connectivity index (χ4n) is 4.27. The molecule has 0 bridgehead atoms. The van der Waals surface area contributed by atoms with E-state index in [0.29, 0.717) is 22.8 Å². The number of hydrogen-bond donors (Lipinski definition) is 1. The van der Waals surface area contributed by atoms with Gasteiger partial charge in [0.05, 0.1) is 29.4 Å². The molecule has 158 valence electrons. The van der Waals surface area contributed by atoms with Gasteiger partial charge in [0.15, 0.2) is 5.76 Å². The summed E-state index contributed by atoms with van der Waals surface area (Å²) in [6.07, 6.45) is 9.66. The van der Waals surface area contributed by atoms with Crippen molar-refractivity contribution in [2.24, 2.45) is 0 Å². The lowest BCUT2D eigenvalue weighted by atomic mass is 10.0. The maximum Gasteiger partial charge on any atom is 0.232 e. The van der Waals surface area contributed by atoms with Gasteiger partial charge in [-0.1, -0.05) is 36.8 Å². The molecule has 0 atom stereocenters. The van der Waals surface area contributed by atoms with Crippen LogP contribution >= 0.6 is 0 Å². The zero-order valence-corrected chi connectivity index (χ0v) is 17.6. The smallest absolute Gasteiger partial charge is 0.232 e. The number of allylic oxidation sites excluding steroid dienone is 1. The van der Waals surface area contributed by atoms with E-state index in [1.165, 1.54) is 19.3 Å². The van der Waals surface area contributed by atoms with E-state index in [1.54, 1.807) is 19.3 Å². The van der Waals surface area contributed by atoms with Crippen LogP contribution in [0.3, 0.4) is 0 Å². The number of rotatable bonds is 5. The van der Waals surface area contributed by atoms with Crippen LogP contribution in [0.2, 0.25) is 0 Å². The summed E-state index contributed by atoms with van der Waals surface area (Å²) in [5.74, 6) is 1.36. The van der Waals surface area contributed by atoms with E-state index >= 15 is 0 Å². The predicted octanol–water partition coefficient (Wildman–Crippen LogP) is 4.69. The average molecular weight is 415 g/mol. The van der Waals surface area contributed by atoms with Crippen molar-refractivity contribution < 1.29 is 14.3 Å². The first-order valence-electron chi connectivity index (χ1n) is 10.7. The van der Waals surface area contributed by atoms with Crippen molar-refractivity contribution >= 4 is 28.8 Å². The number of piperidine rings is 1. The number of aromatic amines is 1. The van der Waals surface area contributed by atoms with Gasteiger partial charge in [-0.2, -0.15) is 5.10 Å². The molecule has 31 heavy (non-hydrogen) atoms. The highest BCUT2D eigenvalue weighted by molar-refractivity contribution is 6.15. The van der Waals surface area contributed by atoms with Gasteiger partial charge in [0.2, 0.25) is 5.78 Å². The molecule has 1 aromatic heterocycles. The maximum atomic E-state index is 13.0. The Kier molecular flexibility index (Phi) is 5.30. The Morgan fingerprint density at radius 1 is 1.16 bits per heavy atom. The second kappa shape index (κ2) is 8.40. The minimum atomic E-state index is -0.143. The minimum Gasteiger partial charge on any atom is -0.496 e. The number of ether oxygens (including phenoxy) is 2. The van der Waals surface area contributed by atoms with Gasteiger partial charge in [-0.3, -0.25) is 14.8 Å². The van der Waals surface area contributed by atoms with Crippen LogP contribution in [0.25, 0.3) is 23.1 Å². The summed E-state index contributed by atoms with van der Waals surface area (Å²) in [5.41, 5.74) is 2.94. The summed E-state index contributed by atoms with van der Waals surface area (Å²) in [6, 6.07) is 11.4. The summed E-state index contributed by atoms with van der Waals surface area (Å²) in [5, 5.41) is 8.27. The Morgan fingerprint density at radius 2 is 2.00 bits per heavy atom. The molecule has 1 saturated heterocycles. The largest absolute Gasteiger partial charge is 0.496 e. The first-order valence-corrected chi connectivity index (χ1v) is 10.7. The van der Waals surface area contributed by atoms with Gasteiger partial charge in [0.25, 0.3) is 0 Å². The number of aromatic nitrogens is 2. The fraction of sp³-hybridized carbons (Fsp3) is 0.280. The van der Waals surface area contributed by atoms with Crippen molar-refractivity contribution in [1.29, 1.82) is 0 Å². The van der Waals surface area contributed by atoms with Gasteiger partial charge in [0, 0.05) is 18.0 Å². The molecule has 2 aliphatic rings. The molecule has 5 rings (SSSR count).